The molecular weight excluding hydrogens is 664 g/mol. The van der Waals surface area contributed by atoms with Gasteiger partial charge in [0.25, 0.3) is 5.91 Å². The van der Waals surface area contributed by atoms with Crippen molar-refractivity contribution in [1.29, 1.82) is 0 Å². The molecule has 2 amide bonds. The van der Waals surface area contributed by atoms with Crippen LogP contribution in [-0.2, 0) is 32.0 Å². The molecule has 276 valence electrons. The van der Waals surface area contributed by atoms with E-state index in [4.69, 9.17) is 18.9 Å². The van der Waals surface area contributed by atoms with Crippen LogP contribution in [0.5, 0.6) is 17.2 Å². The van der Waals surface area contributed by atoms with Gasteiger partial charge in [-0.15, -0.1) is 0 Å². The second-order valence-corrected chi connectivity index (χ2v) is 12.7. The Morgan fingerprint density at radius 1 is 0.865 bits per heavy atom. The summed E-state index contributed by atoms with van der Waals surface area (Å²) in [4.78, 5) is 50.7. The lowest BCUT2D eigenvalue weighted by atomic mass is 9.95. The van der Waals surface area contributed by atoms with Gasteiger partial charge >= 0.3 is 11.9 Å². The number of carbonyl (C=O) groups excluding carboxylic acids is 3. The van der Waals surface area contributed by atoms with Crippen LogP contribution < -0.4 is 24.8 Å². The van der Waals surface area contributed by atoms with Crippen molar-refractivity contribution in [3.63, 3.8) is 0 Å². The molecule has 0 spiro atoms. The maximum Gasteiger partial charge on any atom is 0.343 e. The van der Waals surface area contributed by atoms with Crippen LogP contribution in [0.2, 0.25) is 0 Å². The van der Waals surface area contributed by atoms with Gasteiger partial charge in [-0.25, -0.2) is 9.59 Å². The number of unbranched alkanes of at least 4 members (excludes halogenated alkanes) is 4. The highest BCUT2D eigenvalue weighted by atomic mass is 16.6. The van der Waals surface area contributed by atoms with Gasteiger partial charge in [0.2, 0.25) is 5.91 Å². The third-order valence-corrected chi connectivity index (χ3v) is 8.62. The van der Waals surface area contributed by atoms with Crippen LogP contribution in [0, 0.1) is 5.92 Å². The van der Waals surface area contributed by atoms with Gasteiger partial charge in [0.15, 0.2) is 11.5 Å². The average Bonchev–Trinajstić information content (AvgIpc) is 3.14. The smallest absolute Gasteiger partial charge is 0.343 e. The topological polar surface area (TPSA) is 149 Å². The molecule has 11 nitrogen and oxygen atoms in total. The SMILES string of the molecule is CCCCCCCOC1C=CC(C(=O)Oc2ccc(CC(NC(=O)c3ccc(NC(=O)Cc4cccc(OC)c4)cc3)C(=O)O)cc2OC)=CC1C. The first-order valence-corrected chi connectivity index (χ1v) is 17.6. The Hall–Kier alpha value is -5.42. The summed E-state index contributed by atoms with van der Waals surface area (Å²) in [6.45, 7) is 4.85. The van der Waals surface area contributed by atoms with Crippen molar-refractivity contribution < 1.29 is 43.2 Å². The standard InChI is InChI=1S/C41H48N2O9/c1-5-6-7-8-9-21-51-35-20-16-31(22-27(35)2)41(48)52-36-19-13-29(25-37(36)50-4)24-34(40(46)47)43-39(45)30-14-17-32(18-15-30)42-38(44)26-28-11-10-12-33(23-28)49-3/h10-20,22-23,25,27,34-35H,5-9,21,24,26H2,1-4H3,(H,42,44)(H,43,45)(H,46,47). The fourth-order valence-electron chi connectivity index (χ4n) is 5.71. The number of hydrogen-bond donors (Lipinski definition) is 3. The van der Waals surface area contributed by atoms with Gasteiger partial charge in [0.05, 0.1) is 32.3 Å². The highest BCUT2D eigenvalue weighted by Gasteiger charge is 2.24. The van der Waals surface area contributed by atoms with Crippen LogP contribution in [0.1, 0.15) is 67.4 Å². The number of carboxylic acids is 1. The molecule has 11 heteroatoms. The monoisotopic (exact) mass is 712 g/mol. The lowest BCUT2D eigenvalue weighted by Crippen LogP contribution is -2.42. The molecule has 0 saturated carbocycles. The molecule has 0 radical (unpaired) electrons. The molecule has 52 heavy (non-hydrogen) atoms. The number of carboxylic acid groups (broad SMARTS) is 1. The second kappa shape index (κ2) is 19.8. The molecule has 1 aliphatic rings. The number of rotatable bonds is 19. The number of benzene rings is 3. The number of amides is 2. The molecule has 0 bridgehead atoms. The van der Waals surface area contributed by atoms with E-state index in [2.05, 4.69) is 17.6 Å². The van der Waals surface area contributed by atoms with Crippen molar-refractivity contribution in [1.82, 2.24) is 5.32 Å². The number of aliphatic carboxylic acids is 1. The maximum atomic E-state index is 13.0. The van der Waals surface area contributed by atoms with Crippen LogP contribution in [0.3, 0.4) is 0 Å². The number of nitrogens with one attached hydrogen (secondary N) is 2. The Morgan fingerprint density at radius 3 is 2.33 bits per heavy atom. The Labute approximate surface area is 305 Å². The zero-order chi connectivity index (χ0) is 37.5. The van der Waals surface area contributed by atoms with Gasteiger partial charge in [-0.05, 0) is 72.2 Å². The lowest BCUT2D eigenvalue weighted by Gasteiger charge is -2.23. The van der Waals surface area contributed by atoms with Crippen molar-refractivity contribution in [2.24, 2.45) is 5.92 Å². The molecule has 0 saturated heterocycles. The second-order valence-electron chi connectivity index (χ2n) is 12.7. The van der Waals surface area contributed by atoms with Gasteiger partial charge in [0.1, 0.15) is 11.8 Å². The van der Waals surface area contributed by atoms with Gasteiger partial charge in [-0.3, -0.25) is 9.59 Å². The third kappa shape index (κ3) is 11.8. The van der Waals surface area contributed by atoms with Gasteiger partial charge in [0, 0.05) is 30.2 Å². The van der Waals surface area contributed by atoms with Crippen LogP contribution in [0.15, 0.2) is 90.5 Å². The highest BCUT2D eigenvalue weighted by Crippen LogP contribution is 2.30. The van der Waals surface area contributed by atoms with Crippen LogP contribution >= 0.6 is 0 Å². The molecule has 3 atom stereocenters. The van der Waals surface area contributed by atoms with Crippen LogP contribution in [-0.4, -0.2) is 61.8 Å². The number of ether oxygens (including phenoxy) is 4. The summed E-state index contributed by atoms with van der Waals surface area (Å²) in [6, 6.07) is 16.8. The molecule has 0 fully saturated rings. The van der Waals surface area contributed by atoms with Gasteiger partial charge in [-0.2, -0.15) is 0 Å². The van der Waals surface area contributed by atoms with Crippen LogP contribution in [0.25, 0.3) is 0 Å². The van der Waals surface area contributed by atoms with E-state index < -0.39 is 23.9 Å². The quantitative estimate of drug-likeness (QED) is 0.0701. The van der Waals surface area contributed by atoms with Crippen molar-refractivity contribution in [3.05, 3.63) is 107 Å². The molecule has 3 unspecified atom stereocenters. The zero-order valence-corrected chi connectivity index (χ0v) is 30.2. The lowest BCUT2D eigenvalue weighted by molar-refractivity contribution is -0.139. The number of hydrogen-bond acceptors (Lipinski definition) is 8. The summed E-state index contributed by atoms with van der Waals surface area (Å²) in [5.74, 6) is -1.56. The van der Waals surface area contributed by atoms with E-state index in [0.717, 1.165) is 18.4 Å². The Kier molecular flexibility index (Phi) is 15.0. The predicted octanol–water partition coefficient (Wildman–Crippen LogP) is 6.70. The third-order valence-electron chi connectivity index (χ3n) is 8.62. The highest BCUT2D eigenvalue weighted by molar-refractivity contribution is 5.98. The Morgan fingerprint density at radius 2 is 1.63 bits per heavy atom. The summed E-state index contributed by atoms with van der Waals surface area (Å²) >= 11 is 0. The van der Waals surface area contributed by atoms with E-state index in [1.807, 2.05) is 25.1 Å². The predicted molar refractivity (Wildman–Crippen MR) is 198 cm³/mol. The first-order valence-electron chi connectivity index (χ1n) is 17.6. The fourth-order valence-corrected chi connectivity index (χ4v) is 5.71. The van der Waals surface area contributed by atoms with E-state index in [9.17, 15) is 24.3 Å². The van der Waals surface area contributed by atoms with Crippen molar-refractivity contribution in [2.75, 3.05) is 26.1 Å². The Balaban J connectivity index is 1.30. The summed E-state index contributed by atoms with van der Waals surface area (Å²) in [7, 11) is 2.98. The summed E-state index contributed by atoms with van der Waals surface area (Å²) in [6.07, 6.45) is 11.2. The van der Waals surface area contributed by atoms with Gasteiger partial charge in [-0.1, -0.05) is 69.9 Å². The first kappa shape index (κ1) is 39.4. The maximum absolute atomic E-state index is 13.0. The summed E-state index contributed by atoms with van der Waals surface area (Å²) in [5, 5.41) is 15.3. The van der Waals surface area contributed by atoms with Crippen molar-refractivity contribution in [3.8, 4) is 17.2 Å². The normalized spacial score (nSPS) is 15.6. The number of methoxy groups -OCH3 is 2. The molecule has 1 aliphatic carbocycles. The largest absolute Gasteiger partial charge is 0.497 e. The Bertz CT molecular complexity index is 1750. The van der Waals surface area contributed by atoms with Crippen molar-refractivity contribution in [2.45, 2.75) is 70.9 Å². The van der Waals surface area contributed by atoms with Gasteiger partial charge < -0.3 is 34.7 Å². The summed E-state index contributed by atoms with van der Waals surface area (Å²) in [5.41, 5.74) is 2.43. The van der Waals surface area contributed by atoms with E-state index in [1.54, 1.807) is 55.7 Å². The molecule has 0 aromatic heterocycles. The molecule has 3 N–H and O–H groups in total. The van der Waals surface area contributed by atoms with Crippen LogP contribution in [0.4, 0.5) is 5.69 Å². The summed E-state index contributed by atoms with van der Waals surface area (Å²) < 4.78 is 22.3. The van der Waals surface area contributed by atoms with Crippen molar-refractivity contribution >= 4 is 29.4 Å². The van der Waals surface area contributed by atoms with E-state index in [-0.39, 0.29) is 47.8 Å². The number of esters is 1. The molecule has 0 heterocycles. The molecule has 3 aromatic rings. The van der Waals surface area contributed by atoms with E-state index in [0.29, 0.717) is 29.2 Å². The average molecular weight is 713 g/mol. The number of carbonyl (C=O) groups is 4. The minimum absolute atomic E-state index is 0.00942. The minimum atomic E-state index is -1.27. The first-order chi connectivity index (χ1) is 25.1. The van der Waals surface area contributed by atoms with E-state index >= 15 is 0 Å². The molecular formula is C41H48N2O9. The minimum Gasteiger partial charge on any atom is -0.497 e. The van der Waals surface area contributed by atoms with E-state index in [1.165, 1.54) is 44.6 Å². The molecule has 4 rings (SSSR count). The molecule has 3 aromatic carbocycles. The fraction of sp³-hybridized carbons (Fsp3) is 0.366. The molecule has 0 aliphatic heterocycles. The number of anilines is 1. The zero-order valence-electron chi connectivity index (χ0n) is 30.2.